The Balaban J connectivity index is 0.000000256. The van der Waals surface area contributed by atoms with E-state index in [-0.39, 0.29) is 72.5 Å². The van der Waals surface area contributed by atoms with Gasteiger partial charge in [0.2, 0.25) is 0 Å². The molecule has 0 unspecified atom stereocenters. The fraction of sp³-hybridized carbons (Fsp3) is 0.549. The molecular weight excluding hydrogens is 741 g/mol. The maximum absolute atomic E-state index is 12.4. The van der Waals surface area contributed by atoms with Gasteiger partial charge in [-0.05, 0) is 76.5 Å². The van der Waals surface area contributed by atoms with Gasteiger partial charge in [0.05, 0.1) is 18.3 Å². The number of benzene rings is 2. The Labute approximate surface area is 352 Å². The number of allylic oxidation sites excluding steroid dienone is 1. The van der Waals surface area contributed by atoms with E-state index < -0.39 is 18.3 Å². The minimum absolute atomic E-state index is 0. The predicted octanol–water partition coefficient (Wildman–Crippen LogP) is 8.42. The zero-order chi connectivity index (χ0) is 41.9. The van der Waals surface area contributed by atoms with Crippen molar-refractivity contribution in [1.29, 1.82) is 0 Å². The minimum Gasteiger partial charge on any atom is -0.489 e. The number of aryl methyl sites for hydroxylation is 2. The number of ether oxygens (including phenoxy) is 2. The average molecular weight is 807 g/mol. The van der Waals surface area contributed by atoms with Crippen LogP contribution in [0, 0.1) is 47.4 Å². The molecule has 2 aliphatic carbocycles. The molecule has 8 heteroatoms. The number of fused-ring (bicyclic) bond motifs is 6. The zero-order valence-corrected chi connectivity index (χ0v) is 35.1. The van der Waals surface area contributed by atoms with Crippen molar-refractivity contribution in [2.75, 3.05) is 0 Å². The Morgan fingerprint density at radius 3 is 1.71 bits per heavy atom. The molecule has 0 radical (unpaired) electrons. The summed E-state index contributed by atoms with van der Waals surface area (Å²) in [6.45, 7) is 10.7. The second-order valence-corrected chi connectivity index (χ2v) is 16.7. The highest BCUT2D eigenvalue weighted by atomic mass is 16.5. The zero-order valence-electron chi connectivity index (χ0n) is 35.1. The Morgan fingerprint density at radius 2 is 1.24 bits per heavy atom. The molecule has 3 N–H and O–H groups in total. The summed E-state index contributed by atoms with van der Waals surface area (Å²) in [5.74, 6) is 13.8. The van der Waals surface area contributed by atoms with Crippen molar-refractivity contribution in [3.63, 3.8) is 0 Å². The van der Waals surface area contributed by atoms with Crippen LogP contribution in [0.3, 0.4) is 0 Å². The first-order valence-corrected chi connectivity index (χ1v) is 21.1. The van der Waals surface area contributed by atoms with Crippen LogP contribution in [-0.2, 0) is 27.2 Å². The van der Waals surface area contributed by atoms with E-state index in [1.807, 2.05) is 44.2 Å². The molecule has 59 heavy (non-hydrogen) atoms. The molecule has 4 aliphatic rings. The quantitative estimate of drug-likeness (QED) is 0.0876. The lowest BCUT2D eigenvalue weighted by molar-refractivity contribution is -0.118. The van der Waals surface area contributed by atoms with Gasteiger partial charge in [-0.2, -0.15) is 0 Å². The van der Waals surface area contributed by atoms with Crippen molar-refractivity contribution >= 4 is 17.3 Å². The molecule has 2 aromatic carbocycles. The maximum Gasteiger partial charge on any atom is 0.159 e. The Bertz CT molecular complexity index is 1950. The first-order valence-electron chi connectivity index (χ1n) is 21.1. The van der Waals surface area contributed by atoms with Gasteiger partial charge in [-0.3, -0.25) is 4.79 Å². The molecule has 318 valence electrons. The van der Waals surface area contributed by atoms with Crippen LogP contribution in [0.5, 0.6) is 11.5 Å². The van der Waals surface area contributed by atoms with E-state index in [1.165, 1.54) is 0 Å². The molecular formula is C51H66O8. The van der Waals surface area contributed by atoms with E-state index in [1.54, 1.807) is 33.8 Å². The third-order valence-corrected chi connectivity index (χ3v) is 12.2. The lowest BCUT2D eigenvalue weighted by Gasteiger charge is -2.19. The molecule has 0 saturated heterocycles. The molecule has 2 fully saturated rings. The predicted molar refractivity (Wildman–Crippen MR) is 233 cm³/mol. The number of carbonyl (C=O) groups excluding carboxylic acids is 3. The molecule has 0 amide bonds. The van der Waals surface area contributed by atoms with Crippen molar-refractivity contribution < 1.29 is 39.2 Å². The van der Waals surface area contributed by atoms with Gasteiger partial charge in [-0.25, -0.2) is 0 Å². The molecule has 11 atom stereocenters. The highest BCUT2D eigenvalue weighted by Crippen LogP contribution is 2.53. The number of aliphatic hydroxyl groups is 3. The summed E-state index contributed by atoms with van der Waals surface area (Å²) >= 11 is 0. The van der Waals surface area contributed by atoms with Crippen molar-refractivity contribution in [3.8, 4) is 35.2 Å². The van der Waals surface area contributed by atoms with Gasteiger partial charge in [-0.15, -0.1) is 23.7 Å². The first kappa shape index (κ1) is 47.2. The lowest BCUT2D eigenvalue weighted by Crippen LogP contribution is -2.19. The SMILES string of the molecule is C.CC#CC[C@H](C)C(=O)/C=C/[C@@H]1[C@H]2c3cccc(CCCC(C)=O)c3O[C@H]2C[C@H]1O.CC#CC[C@H](C)[C@H](O)/C=C/[C@@H]1[C@H]2c3cccc(CCCC(C)=O)c3O[C@H]2C[C@H]1O. The molecule has 0 spiro atoms. The monoisotopic (exact) mass is 806 g/mol. The van der Waals surface area contributed by atoms with Crippen molar-refractivity contribution in [1.82, 2.24) is 0 Å². The Hall–Kier alpha value is -4.47. The number of ketones is 3. The van der Waals surface area contributed by atoms with Gasteiger partial charge in [0.1, 0.15) is 35.3 Å². The Kier molecular flexibility index (Phi) is 17.8. The topological polar surface area (TPSA) is 130 Å². The van der Waals surface area contributed by atoms with Gasteiger partial charge in [-0.1, -0.05) is 75.9 Å². The molecule has 0 bridgehead atoms. The van der Waals surface area contributed by atoms with Gasteiger partial charge < -0.3 is 34.4 Å². The number of hydrogen-bond acceptors (Lipinski definition) is 8. The van der Waals surface area contributed by atoms with Gasteiger partial charge in [0.25, 0.3) is 0 Å². The van der Waals surface area contributed by atoms with Crippen LogP contribution in [0.1, 0.15) is 134 Å². The van der Waals surface area contributed by atoms with Crippen LogP contribution in [0.4, 0.5) is 0 Å². The van der Waals surface area contributed by atoms with Crippen LogP contribution in [0.25, 0.3) is 0 Å². The normalized spacial score (nSPS) is 25.8. The van der Waals surface area contributed by atoms with Crippen LogP contribution < -0.4 is 9.47 Å². The fourth-order valence-electron chi connectivity index (χ4n) is 8.93. The smallest absolute Gasteiger partial charge is 0.159 e. The van der Waals surface area contributed by atoms with Crippen molar-refractivity contribution in [3.05, 3.63) is 83.0 Å². The molecule has 0 aromatic heterocycles. The number of rotatable bonds is 16. The summed E-state index contributed by atoms with van der Waals surface area (Å²) in [4.78, 5) is 34.9. The second-order valence-electron chi connectivity index (χ2n) is 16.7. The van der Waals surface area contributed by atoms with Crippen molar-refractivity contribution in [2.24, 2.45) is 23.7 Å². The maximum atomic E-state index is 12.4. The minimum atomic E-state index is -0.582. The molecule has 8 nitrogen and oxygen atoms in total. The summed E-state index contributed by atoms with van der Waals surface area (Å²) < 4.78 is 12.5. The molecule has 2 heterocycles. The highest BCUT2D eigenvalue weighted by molar-refractivity contribution is 5.91. The lowest BCUT2D eigenvalue weighted by atomic mass is 9.86. The standard InChI is InChI=1S/C25H32O4.C25H30O4.CH4/c2*1-4-5-8-16(2)21(27)14-13-19-22(28)15-23-24(19)20-12-7-11-18(25(20)29-23)10-6-9-17(3)26;/h7,11-14,16,19,21-24,27-28H,6,8-10,15H2,1-3H3;7,11-14,16,19,22-24,28H,6,8-10,15H2,1-3H3;1H4/b2*14-13+;/t16-,19-,21+,22+,23-,24-;16-,19-,22+,23-,24-;/m00./s1. The summed E-state index contributed by atoms with van der Waals surface area (Å²) in [7, 11) is 0. The van der Waals surface area contributed by atoms with E-state index in [2.05, 4.69) is 47.9 Å². The molecule has 6 rings (SSSR count). The van der Waals surface area contributed by atoms with Crippen molar-refractivity contribution in [2.45, 2.75) is 156 Å². The highest BCUT2D eigenvalue weighted by Gasteiger charge is 2.50. The first-order chi connectivity index (χ1) is 27.8. The number of carbonyl (C=O) groups is 3. The van der Waals surface area contributed by atoms with Crippen LogP contribution in [-0.4, -0.2) is 63.2 Å². The van der Waals surface area contributed by atoms with E-state index in [9.17, 15) is 29.7 Å². The summed E-state index contributed by atoms with van der Waals surface area (Å²) in [5.41, 5.74) is 4.51. The summed E-state index contributed by atoms with van der Waals surface area (Å²) in [5, 5.41) is 31.6. The number of aliphatic hydroxyl groups excluding tert-OH is 3. The third kappa shape index (κ3) is 11.8. The van der Waals surface area contributed by atoms with Crippen LogP contribution in [0.2, 0.25) is 0 Å². The Morgan fingerprint density at radius 1 is 0.763 bits per heavy atom. The molecule has 2 aromatic rings. The largest absolute Gasteiger partial charge is 0.489 e. The van der Waals surface area contributed by atoms with Gasteiger partial charge in [0.15, 0.2) is 5.78 Å². The van der Waals surface area contributed by atoms with Gasteiger partial charge in [0, 0.05) is 79.2 Å². The van der Waals surface area contributed by atoms with E-state index >= 15 is 0 Å². The molecule has 2 aliphatic heterocycles. The van der Waals surface area contributed by atoms with E-state index in [0.717, 1.165) is 59.4 Å². The second kappa shape index (κ2) is 22.2. The molecule has 2 saturated carbocycles. The number of para-hydroxylation sites is 2. The summed E-state index contributed by atoms with van der Waals surface area (Å²) in [6.07, 6.45) is 12.3. The van der Waals surface area contributed by atoms with Crippen LogP contribution in [0.15, 0.2) is 60.7 Å². The fourth-order valence-corrected chi connectivity index (χ4v) is 8.93. The van der Waals surface area contributed by atoms with E-state index in [4.69, 9.17) is 9.47 Å². The average Bonchev–Trinajstić information content (AvgIpc) is 3.91. The summed E-state index contributed by atoms with van der Waals surface area (Å²) in [6, 6.07) is 12.3. The van der Waals surface area contributed by atoms with Gasteiger partial charge >= 0.3 is 0 Å². The third-order valence-electron chi connectivity index (χ3n) is 12.2. The number of hydrogen-bond donors (Lipinski definition) is 3. The van der Waals surface area contributed by atoms with Crippen LogP contribution >= 0.6 is 0 Å². The van der Waals surface area contributed by atoms with E-state index in [0.29, 0.717) is 38.5 Å². The number of Topliss-reactive ketones (excluding diaryl/α,β-unsaturated/α-hetero) is 2.